The smallest absolute Gasteiger partial charge is 0.148 e. The Morgan fingerprint density at radius 1 is 1.50 bits per heavy atom. The van der Waals surface area contributed by atoms with Crippen LogP contribution in [-0.2, 0) is 0 Å². The van der Waals surface area contributed by atoms with Gasteiger partial charge >= 0.3 is 0 Å². The Bertz CT molecular complexity index is 302. The number of fused-ring (bicyclic) bond motifs is 1. The lowest BCUT2D eigenvalue weighted by Gasteiger charge is -2.29. The van der Waals surface area contributed by atoms with Gasteiger partial charge in [0.15, 0.2) is 0 Å². The average Bonchev–Trinajstić information content (AvgIpc) is 2.59. The third-order valence-corrected chi connectivity index (χ3v) is 2.73. The van der Waals surface area contributed by atoms with Crippen molar-refractivity contribution in [3.8, 4) is 0 Å². The fraction of sp³-hybridized carbons (Fsp3) is 0.636. The summed E-state index contributed by atoms with van der Waals surface area (Å²) >= 11 is 0. The third-order valence-electron chi connectivity index (χ3n) is 2.73. The number of allylic oxidation sites excluding steroid dienone is 1. The van der Waals surface area contributed by atoms with Gasteiger partial charge in [-0.05, 0) is 26.3 Å². The lowest BCUT2D eigenvalue weighted by molar-refractivity contribution is 0.284. The highest BCUT2D eigenvalue weighted by Gasteiger charge is 2.31. The first kappa shape index (κ1) is 9.44. The Kier molecular flexibility index (Phi) is 2.40. The van der Waals surface area contributed by atoms with Gasteiger partial charge in [0.1, 0.15) is 12.2 Å². The maximum Gasteiger partial charge on any atom is 0.148 e. The van der Waals surface area contributed by atoms with E-state index in [-0.39, 0.29) is 12.2 Å². The SMILES string of the molecule is CCC1=NC2C(C=C1)N=CN2C(C)C. The molecule has 2 heterocycles. The van der Waals surface area contributed by atoms with Crippen LogP contribution in [-0.4, -0.2) is 35.2 Å². The molecule has 0 aromatic carbocycles. The first-order chi connectivity index (χ1) is 6.72. The van der Waals surface area contributed by atoms with Crippen molar-refractivity contribution in [2.24, 2.45) is 9.98 Å². The predicted molar refractivity (Wildman–Crippen MR) is 59.9 cm³/mol. The van der Waals surface area contributed by atoms with Crippen LogP contribution in [0.1, 0.15) is 27.2 Å². The molecule has 0 aromatic rings. The van der Waals surface area contributed by atoms with E-state index in [1.807, 2.05) is 6.34 Å². The van der Waals surface area contributed by atoms with Crippen molar-refractivity contribution in [3.63, 3.8) is 0 Å². The van der Waals surface area contributed by atoms with Crippen LogP contribution in [0.5, 0.6) is 0 Å². The summed E-state index contributed by atoms with van der Waals surface area (Å²) in [6.07, 6.45) is 7.42. The highest BCUT2D eigenvalue weighted by Crippen LogP contribution is 2.22. The van der Waals surface area contributed by atoms with Gasteiger partial charge in [0, 0.05) is 11.8 Å². The van der Waals surface area contributed by atoms with Gasteiger partial charge in [0.25, 0.3) is 0 Å². The summed E-state index contributed by atoms with van der Waals surface area (Å²) in [5, 5.41) is 0. The van der Waals surface area contributed by atoms with Crippen molar-refractivity contribution < 1.29 is 0 Å². The first-order valence-corrected chi connectivity index (χ1v) is 5.28. The summed E-state index contributed by atoms with van der Waals surface area (Å²) in [7, 11) is 0. The molecule has 0 saturated heterocycles. The lowest BCUT2D eigenvalue weighted by Crippen LogP contribution is -2.40. The average molecular weight is 191 g/mol. The van der Waals surface area contributed by atoms with E-state index in [0.717, 1.165) is 6.42 Å². The second-order valence-electron chi connectivity index (χ2n) is 4.04. The van der Waals surface area contributed by atoms with E-state index in [1.165, 1.54) is 5.71 Å². The van der Waals surface area contributed by atoms with E-state index in [4.69, 9.17) is 4.99 Å². The molecule has 0 bridgehead atoms. The molecular formula is C11H17N3. The number of rotatable bonds is 2. The maximum absolute atomic E-state index is 4.70. The molecule has 2 aliphatic heterocycles. The molecule has 2 atom stereocenters. The minimum atomic E-state index is 0.218. The summed E-state index contributed by atoms with van der Waals surface area (Å²) in [4.78, 5) is 11.4. The van der Waals surface area contributed by atoms with Gasteiger partial charge in [-0.2, -0.15) is 0 Å². The van der Waals surface area contributed by atoms with Crippen LogP contribution in [0.2, 0.25) is 0 Å². The lowest BCUT2D eigenvalue weighted by atomic mass is 10.1. The van der Waals surface area contributed by atoms with E-state index in [1.54, 1.807) is 0 Å². The molecule has 0 fully saturated rings. The zero-order valence-electron chi connectivity index (χ0n) is 9.01. The Balaban J connectivity index is 2.20. The van der Waals surface area contributed by atoms with Crippen molar-refractivity contribution in [2.45, 2.75) is 45.4 Å². The van der Waals surface area contributed by atoms with Crippen molar-refractivity contribution in [3.05, 3.63) is 12.2 Å². The van der Waals surface area contributed by atoms with Gasteiger partial charge in [-0.25, -0.2) is 0 Å². The Hall–Kier alpha value is -1.12. The molecule has 76 valence electrons. The largest absolute Gasteiger partial charge is 0.336 e. The van der Waals surface area contributed by atoms with Crippen LogP contribution in [0.3, 0.4) is 0 Å². The maximum atomic E-state index is 4.70. The van der Waals surface area contributed by atoms with Crippen molar-refractivity contribution >= 4 is 12.1 Å². The minimum Gasteiger partial charge on any atom is -0.336 e. The standard InChI is InChI=1S/C11H17N3/c1-4-9-5-6-10-11(13-9)14(7-12-10)8(2)3/h5-8,10-11H,4H2,1-3H3. The van der Waals surface area contributed by atoms with Crippen LogP contribution < -0.4 is 0 Å². The van der Waals surface area contributed by atoms with Gasteiger partial charge in [-0.15, -0.1) is 0 Å². The normalized spacial score (nSPS) is 29.7. The fourth-order valence-electron chi connectivity index (χ4n) is 1.84. The Morgan fingerprint density at radius 3 is 2.93 bits per heavy atom. The zero-order valence-corrected chi connectivity index (χ0v) is 9.01. The van der Waals surface area contributed by atoms with E-state index in [2.05, 4.69) is 42.8 Å². The molecule has 0 aliphatic carbocycles. The second kappa shape index (κ2) is 3.56. The minimum absolute atomic E-state index is 0.218. The number of dihydropyridines is 1. The van der Waals surface area contributed by atoms with Crippen LogP contribution in [0.15, 0.2) is 22.1 Å². The van der Waals surface area contributed by atoms with Crippen molar-refractivity contribution in [1.29, 1.82) is 0 Å². The molecule has 2 rings (SSSR count). The molecule has 3 heteroatoms. The number of aliphatic imine (C=N–C) groups is 2. The summed E-state index contributed by atoms with van der Waals surface area (Å²) in [5.74, 6) is 0. The monoisotopic (exact) mass is 191 g/mol. The van der Waals surface area contributed by atoms with Crippen molar-refractivity contribution in [1.82, 2.24) is 4.90 Å². The number of hydrogen-bond acceptors (Lipinski definition) is 3. The molecule has 0 spiro atoms. The third kappa shape index (κ3) is 1.47. The molecular weight excluding hydrogens is 174 g/mol. The molecule has 0 saturated carbocycles. The van der Waals surface area contributed by atoms with Gasteiger partial charge < -0.3 is 4.90 Å². The van der Waals surface area contributed by atoms with E-state index < -0.39 is 0 Å². The molecule has 3 nitrogen and oxygen atoms in total. The Labute approximate surface area is 85.2 Å². The van der Waals surface area contributed by atoms with E-state index in [0.29, 0.717) is 6.04 Å². The topological polar surface area (TPSA) is 28.0 Å². The summed E-state index contributed by atoms with van der Waals surface area (Å²) < 4.78 is 0. The second-order valence-corrected chi connectivity index (χ2v) is 4.04. The molecule has 2 unspecified atom stereocenters. The molecule has 0 aromatic heterocycles. The van der Waals surface area contributed by atoms with Gasteiger partial charge in [-0.3, -0.25) is 9.98 Å². The molecule has 0 amide bonds. The van der Waals surface area contributed by atoms with Crippen LogP contribution in [0.25, 0.3) is 0 Å². The van der Waals surface area contributed by atoms with Gasteiger partial charge in [0.2, 0.25) is 0 Å². The highest BCUT2D eigenvalue weighted by atomic mass is 15.3. The van der Waals surface area contributed by atoms with E-state index in [9.17, 15) is 0 Å². The zero-order chi connectivity index (χ0) is 10.1. The number of nitrogens with zero attached hydrogens (tertiary/aromatic N) is 3. The quantitative estimate of drug-likeness (QED) is 0.654. The Morgan fingerprint density at radius 2 is 2.29 bits per heavy atom. The number of hydrogen-bond donors (Lipinski definition) is 0. The summed E-state index contributed by atoms with van der Waals surface area (Å²) in [6, 6.07) is 0.717. The van der Waals surface area contributed by atoms with Crippen LogP contribution in [0.4, 0.5) is 0 Å². The van der Waals surface area contributed by atoms with Crippen LogP contribution in [0, 0.1) is 0 Å². The van der Waals surface area contributed by atoms with Crippen LogP contribution >= 0.6 is 0 Å². The molecule has 0 N–H and O–H groups in total. The predicted octanol–water partition coefficient (Wildman–Crippen LogP) is 1.85. The fourth-order valence-corrected chi connectivity index (χ4v) is 1.84. The summed E-state index contributed by atoms with van der Waals surface area (Å²) in [6.45, 7) is 6.49. The van der Waals surface area contributed by atoms with Gasteiger partial charge in [-0.1, -0.05) is 13.0 Å². The first-order valence-electron chi connectivity index (χ1n) is 5.28. The highest BCUT2D eigenvalue weighted by molar-refractivity contribution is 5.96. The molecule has 0 radical (unpaired) electrons. The summed E-state index contributed by atoms with van der Waals surface area (Å²) in [5.41, 5.74) is 1.18. The van der Waals surface area contributed by atoms with Gasteiger partial charge in [0.05, 0.1) is 6.34 Å². The molecule has 2 aliphatic rings. The molecule has 14 heavy (non-hydrogen) atoms. The van der Waals surface area contributed by atoms with E-state index >= 15 is 0 Å². The van der Waals surface area contributed by atoms with Crippen molar-refractivity contribution in [2.75, 3.05) is 0 Å².